The molecule has 79 heavy (non-hydrogen) atoms. The molecule has 2 N–H and O–H groups in total. The molecule has 7 rings (SSSR count). The number of rotatable bonds is 18. The van der Waals surface area contributed by atoms with Crippen LogP contribution in [0.5, 0.6) is 35.2 Å². The number of alkyl halides is 2. The topological polar surface area (TPSA) is 239 Å². The van der Waals surface area contributed by atoms with Gasteiger partial charge in [0.25, 0.3) is 5.35 Å². The summed E-state index contributed by atoms with van der Waals surface area (Å²) in [6.07, 6.45) is 4.58. The number of hydrogen-bond donors (Lipinski definition) is 2. The number of aromatic hydroxyl groups is 1. The minimum atomic E-state index is -0.549. The molecule has 0 unspecified atom stereocenters. The van der Waals surface area contributed by atoms with E-state index in [9.17, 15) is 20.4 Å². The SMILES string of the molecule is C.C.C.C.C.CC(C)(c1ccc(O)cc1)c1cc(Cl)c(OCCCl)c(C#N)c1.CCOC(=O)c1cnc(Cl)o1.COc1ncc(CO)o1.COc1ncc(COc2ccc(C(C)(C)c3cc(Cl)c(OCCCl)c(C#N)c3)cc2)o1. The van der Waals surface area contributed by atoms with Gasteiger partial charge in [-0.05, 0) is 89.3 Å². The summed E-state index contributed by atoms with van der Waals surface area (Å²) in [7, 11) is 2.94. The predicted octanol–water partition coefficient (Wildman–Crippen LogP) is 15.5. The number of aliphatic hydroxyl groups is 1. The van der Waals surface area contributed by atoms with Gasteiger partial charge < -0.3 is 51.9 Å². The Kier molecular flexibility index (Phi) is 34.2. The number of phenolic OH excluding ortho intramolecular Hbond substituents is 1. The van der Waals surface area contributed by atoms with Crippen molar-refractivity contribution in [3.8, 4) is 47.3 Å². The van der Waals surface area contributed by atoms with Gasteiger partial charge in [-0.15, -0.1) is 23.2 Å². The van der Waals surface area contributed by atoms with Gasteiger partial charge in [-0.1, -0.05) is 112 Å². The standard InChI is InChI=1S/C23H22Cl2N2O4.C18H17Cl2NO2.C6H6ClNO3.C5H7NO3.5CH4/c1-23(2,17-10-15(12-26)21(20(25)11-17)29-9-8-24)16-4-6-18(7-5-16)30-14-19-13-27-22(28-3)31-19;1-18(2,13-3-5-15(22)6-4-13)14-9-12(11-21)17(16(20)10-14)23-8-7-19;1-2-10-5(9)4-3-8-6(7)11-4;1-8-5-6-2-4(3-7)9-5;;;;;/h4-7,10-11,13H,8-9,14H2,1-3H3;3-6,9-10,22H,7-8H2,1-2H3;3H,2H2,1H3;2,7H,3H2,1H3;5*1H4. The minimum absolute atomic E-state index is 0. The van der Waals surface area contributed by atoms with Gasteiger partial charge in [0.15, 0.2) is 23.0 Å². The number of carbonyl (C=O) groups excluding carboxylic acids is 1. The first-order chi connectivity index (χ1) is 35.4. The lowest BCUT2D eigenvalue weighted by molar-refractivity contribution is 0.0490. The van der Waals surface area contributed by atoms with Gasteiger partial charge in [0.05, 0.1) is 72.3 Å². The molecule has 0 amide bonds. The number of methoxy groups -OCH3 is 2. The number of benzene rings is 4. The van der Waals surface area contributed by atoms with Gasteiger partial charge in [0.2, 0.25) is 5.76 Å². The van der Waals surface area contributed by atoms with Crippen LogP contribution in [0.25, 0.3) is 0 Å². The average Bonchev–Trinajstić information content (AvgIpc) is 4.19. The molecule has 0 aliphatic carbocycles. The summed E-state index contributed by atoms with van der Waals surface area (Å²) in [4.78, 5) is 22.0. The first-order valence-corrected chi connectivity index (χ1v) is 24.3. The van der Waals surface area contributed by atoms with E-state index in [1.165, 1.54) is 26.6 Å². The first kappa shape index (κ1) is 74.2. The number of aromatic nitrogens is 3. The first-order valence-electron chi connectivity index (χ1n) is 22.1. The quantitative estimate of drug-likeness (QED) is 0.0600. The molecule has 0 fully saturated rings. The summed E-state index contributed by atoms with van der Waals surface area (Å²) >= 11 is 29.4. The van der Waals surface area contributed by atoms with Crippen molar-refractivity contribution in [2.75, 3.05) is 45.8 Å². The fraction of sp³-hybridized carbons (Fsp3) is 0.368. The van der Waals surface area contributed by atoms with Gasteiger partial charge in [0.1, 0.15) is 50.1 Å². The molecule has 0 spiro atoms. The highest BCUT2D eigenvalue weighted by Crippen LogP contribution is 2.40. The number of esters is 1. The maximum Gasteiger partial charge on any atom is 0.393 e. The van der Waals surface area contributed by atoms with Crippen molar-refractivity contribution in [2.45, 2.75) is 95.8 Å². The van der Waals surface area contributed by atoms with E-state index in [4.69, 9.17) is 90.9 Å². The van der Waals surface area contributed by atoms with Gasteiger partial charge >= 0.3 is 18.1 Å². The van der Waals surface area contributed by atoms with Crippen LogP contribution in [-0.4, -0.2) is 76.9 Å². The van der Waals surface area contributed by atoms with Crippen LogP contribution in [0.15, 0.2) is 105 Å². The van der Waals surface area contributed by atoms with Crippen molar-refractivity contribution < 1.29 is 56.7 Å². The number of aliphatic hydroxyl groups excluding tert-OH is 1. The largest absolute Gasteiger partial charge is 0.508 e. The Labute approximate surface area is 489 Å². The van der Waals surface area contributed by atoms with Gasteiger partial charge in [-0.25, -0.2) is 9.78 Å². The second kappa shape index (κ2) is 36.4. The summed E-state index contributed by atoms with van der Waals surface area (Å²) in [6, 6.07) is 26.2. The second-order valence-electron chi connectivity index (χ2n) is 16.0. The van der Waals surface area contributed by atoms with E-state index >= 15 is 0 Å². The molecule has 4 aromatic carbocycles. The number of phenols is 1. The molecule has 0 bridgehead atoms. The Balaban J connectivity index is 0. The molecule has 0 radical (unpaired) electrons. The summed E-state index contributed by atoms with van der Waals surface area (Å²) in [6.45, 7) is 10.9. The van der Waals surface area contributed by atoms with Crippen molar-refractivity contribution in [3.63, 3.8) is 0 Å². The van der Waals surface area contributed by atoms with E-state index in [0.717, 1.165) is 22.3 Å². The summed E-state index contributed by atoms with van der Waals surface area (Å²) in [5, 5.41) is 37.5. The third kappa shape index (κ3) is 21.4. The maximum atomic E-state index is 10.8. The third-order valence-corrected chi connectivity index (χ3v) is 11.5. The molecule has 3 aromatic heterocycles. The number of ether oxygens (including phenoxy) is 6. The molecule has 0 saturated carbocycles. The van der Waals surface area contributed by atoms with E-state index in [1.54, 1.807) is 43.5 Å². The molecule has 0 saturated heterocycles. The van der Waals surface area contributed by atoms with Crippen LogP contribution >= 0.6 is 58.0 Å². The summed E-state index contributed by atoms with van der Waals surface area (Å²) in [5.41, 5.74) is 3.80. The van der Waals surface area contributed by atoms with Gasteiger partial charge in [-0.3, -0.25) is 0 Å². The molecule has 0 atom stereocenters. The van der Waals surface area contributed by atoms with Crippen LogP contribution < -0.4 is 23.7 Å². The Morgan fingerprint density at radius 3 is 1.44 bits per heavy atom. The lowest BCUT2D eigenvalue weighted by atomic mass is 9.77. The Hall–Kier alpha value is -6.83. The summed E-state index contributed by atoms with van der Waals surface area (Å²) < 4.78 is 45.7. The fourth-order valence-electron chi connectivity index (χ4n) is 6.44. The number of oxazole rings is 3. The molecule has 17 nitrogen and oxygen atoms in total. The number of carbonyl (C=O) groups is 1. The highest BCUT2D eigenvalue weighted by atomic mass is 35.5. The van der Waals surface area contributed by atoms with Gasteiger partial charge in [-0.2, -0.15) is 20.5 Å². The summed E-state index contributed by atoms with van der Waals surface area (Å²) in [5.74, 6) is 2.71. The fourth-order valence-corrected chi connectivity index (χ4v) is 7.27. The van der Waals surface area contributed by atoms with E-state index in [-0.39, 0.29) is 98.0 Å². The predicted molar refractivity (Wildman–Crippen MR) is 311 cm³/mol. The molecule has 0 aliphatic heterocycles. The normalized spacial score (nSPS) is 10.0. The Morgan fingerprint density at radius 2 is 1.08 bits per heavy atom. The highest BCUT2D eigenvalue weighted by molar-refractivity contribution is 6.32. The zero-order valence-corrected chi connectivity index (χ0v) is 45.0. The molecule has 22 heteroatoms. The average molecular weight is 1200 g/mol. The second-order valence-corrected chi connectivity index (χ2v) is 17.9. The van der Waals surface area contributed by atoms with Crippen LogP contribution in [0.3, 0.4) is 0 Å². The van der Waals surface area contributed by atoms with E-state index in [0.29, 0.717) is 68.3 Å². The van der Waals surface area contributed by atoms with Crippen molar-refractivity contribution in [3.05, 3.63) is 157 Å². The molecule has 432 valence electrons. The monoisotopic (exact) mass is 1190 g/mol. The smallest absolute Gasteiger partial charge is 0.393 e. The zero-order chi connectivity index (χ0) is 54.4. The van der Waals surface area contributed by atoms with Crippen molar-refractivity contribution in [2.24, 2.45) is 0 Å². The number of nitriles is 2. The number of hydrogen-bond acceptors (Lipinski definition) is 17. The highest BCUT2D eigenvalue weighted by Gasteiger charge is 2.28. The van der Waals surface area contributed by atoms with Crippen LogP contribution in [0.2, 0.25) is 15.4 Å². The lowest BCUT2D eigenvalue weighted by Crippen LogP contribution is -2.19. The minimum Gasteiger partial charge on any atom is -0.508 e. The lowest BCUT2D eigenvalue weighted by Gasteiger charge is -2.27. The molecular weight excluding hydrogens is 1120 g/mol. The van der Waals surface area contributed by atoms with E-state index < -0.39 is 11.4 Å². The van der Waals surface area contributed by atoms with Crippen molar-refractivity contribution in [1.82, 2.24) is 15.0 Å². The van der Waals surface area contributed by atoms with Crippen LogP contribution in [0.1, 0.15) is 127 Å². The third-order valence-electron chi connectivity index (χ3n) is 10.5. The van der Waals surface area contributed by atoms with Gasteiger partial charge in [0, 0.05) is 10.8 Å². The van der Waals surface area contributed by atoms with Crippen LogP contribution in [-0.2, 0) is 28.8 Å². The number of nitrogens with zero attached hydrogens (tertiary/aromatic N) is 5. The van der Waals surface area contributed by atoms with E-state index in [2.05, 4.69) is 54.8 Å². The maximum absolute atomic E-state index is 10.8. The van der Waals surface area contributed by atoms with Crippen molar-refractivity contribution >= 4 is 64.0 Å². The van der Waals surface area contributed by atoms with E-state index in [1.807, 2.05) is 56.3 Å². The Bertz CT molecular complexity index is 2950. The van der Waals surface area contributed by atoms with Crippen LogP contribution in [0.4, 0.5) is 0 Å². The molecule has 7 aromatic rings. The van der Waals surface area contributed by atoms with Crippen LogP contribution in [0, 0.1) is 22.7 Å². The Morgan fingerprint density at radius 1 is 0.633 bits per heavy atom. The molecule has 3 heterocycles. The zero-order valence-electron chi connectivity index (χ0n) is 41.2. The number of halogens is 5. The van der Waals surface area contributed by atoms with Crippen molar-refractivity contribution in [1.29, 1.82) is 10.5 Å². The molecule has 0 aliphatic rings. The molecular formula is C57H72Cl5N5O12.